The van der Waals surface area contributed by atoms with Crippen LogP contribution in [0.4, 0.5) is 0 Å². The standard InChI is InChI=1S/C36H40NO/c1-21-24-12-10-11-13-25(24)29(20-36(6,7)8)34-30(21)32-31-27(16-17-37(32)9)26-15-14-23(19-35(3,4)5)18-28(26)22(2)33(31)38-34/h10-18H,19-20H2,1-9H3/q+1. The van der Waals surface area contributed by atoms with Gasteiger partial charge in [-0.25, -0.2) is 4.57 Å². The molecule has 2 nitrogen and oxygen atoms in total. The molecule has 6 rings (SSSR count). The number of hydrogen-bond donors (Lipinski definition) is 0. The molecule has 5 aromatic rings. The largest absolute Gasteiger partial charge is 0.455 e. The van der Waals surface area contributed by atoms with Crippen molar-refractivity contribution in [3.05, 3.63) is 77.0 Å². The molecular formula is C36H40NO+. The predicted octanol–water partition coefficient (Wildman–Crippen LogP) is 9.54. The molecule has 0 N–H and O–H groups in total. The summed E-state index contributed by atoms with van der Waals surface area (Å²) < 4.78 is 9.44. The number of ether oxygens (including phenoxy) is 1. The quantitative estimate of drug-likeness (QED) is 0.170. The number of aryl methyl sites for hydroxylation is 3. The molecule has 2 heterocycles. The van der Waals surface area contributed by atoms with Crippen LogP contribution in [0.25, 0.3) is 43.6 Å². The molecule has 0 aliphatic carbocycles. The number of pyridine rings is 1. The van der Waals surface area contributed by atoms with Gasteiger partial charge in [0.05, 0.1) is 10.9 Å². The number of benzene rings is 4. The van der Waals surface area contributed by atoms with E-state index in [1.165, 1.54) is 65.8 Å². The van der Waals surface area contributed by atoms with Gasteiger partial charge in [0, 0.05) is 22.6 Å². The van der Waals surface area contributed by atoms with Crippen LogP contribution in [0, 0.1) is 24.7 Å². The third-order valence-electron chi connectivity index (χ3n) is 8.08. The highest BCUT2D eigenvalue weighted by Gasteiger charge is 2.35. The molecule has 0 spiro atoms. The first kappa shape index (κ1) is 24.9. The Labute approximate surface area is 227 Å². The van der Waals surface area contributed by atoms with Gasteiger partial charge in [-0.05, 0) is 70.2 Å². The summed E-state index contributed by atoms with van der Waals surface area (Å²) in [6.07, 6.45) is 4.23. The first-order valence-corrected chi connectivity index (χ1v) is 13.9. The van der Waals surface area contributed by atoms with Crippen LogP contribution in [0.1, 0.15) is 63.8 Å². The summed E-state index contributed by atoms with van der Waals surface area (Å²) in [5, 5.41) is 7.73. The SMILES string of the molecule is Cc1c2c(c(CC(C)(C)C)c3ccccc13)Oc1c(C)c3cc(CC(C)(C)C)ccc3c3cc[n+](C)c-2c13. The van der Waals surface area contributed by atoms with E-state index in [0.29, 0.717) is 0 Å². The lowest BCUT2D eigenvalue weighted by atomic mass is 9.81. The molecule has 4 aromatic carbocycles. The second-order valence-corrected chi connectivity index (χ2v) is 13.8. The van der Waals surface area contributed by atoms with Crippen LogP contribution >= 0.6 is 0 Å². The van der Waals surface area contributed by atoms with Crippen molar-refractivity contribution in [1.82, 2.24) is 0 Å². The molecular weight excluding hydrogens is 462 g/mol. The van der Waals surface area contributed by atoms with Crippen LogP contribution in [-0.4, -0.2) is 0 Å². The first-order valence-electron chi connectivity index (χ1n) is 13.9. The molecule has 1 aliphatic heterocycles. The van der Waals surface area contributed by atoms with E-state index in [4.69, 9.17) is 4.74 Å². The smallest absolute Gasteiger partial charge is 0.228 e. The van der Waals surface area contributed by atoms with Gasteiger partial charge >= 0.3 is 0 Å². The Morgan fingerprint density at radius 3 is 2.05 bits per heavy atom. The van der Waals surface area contributed by atoms with Crippen LogP contribution in [-0.2, 0) is 19.9 Å². The van der Waals surface area contributed by atoms with Crippen molar-refractivity contribution in [1.29, 1.82) is 0 Å². The molecule has 0 amide bonds. The van der Waals surface area contributed by atoms with Crippen molar-refractivity contribution < 1.29 is 9.30 Å². The minimum Gasteiger partial charge on any atom is -0.455 e. The van der Waals surface area contributed by atoms with E-state index in [1.807, 2.05) is 0 Å². The number of rotatable bonds is 2. The van der Waals surface area contributed by atoms with Gasteiger partial charge in [-0.1, -0.05) is 84.0 Å². The number of fused-ring (bicyclic) bond motifs is 5. The first-order chi connectivity index (χ1) is 17.8. The van der Waals surface area contributed by atoms with Crippen LogP contribution in [0.3, 0.4) is 0 Å². The predicted molar refractivity (Wildman–Crippen MR) is 161 cm³/mol. The zero-order chi connectivity index (χ0) is 27.1. The Kier molecular flexibility index (Phi) is 5.44. The van der Waals surface area contributed by atoms with E-state index in [9.17, 15) is 0 Å². The van der Waals surface area contributed by atoms with Crippen LogP contribution < -0.4 is 9.30 Å². The molecule has 0 fully saturated rings. The average molecular weight is 503 g/mol. The maximum atomic E-state index is 7.14. The molecule has 0 unspecified atom stereocenters. The average Bonchev–Trinajstić information content (AvgIpc) is 2.84. The summed E-state index contributed by atoms with van der Waals surface area (Å²) in [5.41, 5.74) is 8.10. The summed E-state index contributed by atoms with van der Waals surface area (Å²) in [6.45, 7) is 18.4. The monoisotopic (exact) mass is 502 g/mol. The van der Waals surface area contributed by atoms with Crippen molar-refractivity contribution in [3.8, 4) is 22.8 Å². The molecule has 0 radical (unpaired) electrons. The van der Waals surface area contributed by atoms with Crippen molar-refractivity contribution >= 4 is 32.3 Å². The van der Waals surface area contributed by atoms with Crippen molar-refractivity contribution in [2.75, 3.05) is 0 Å². The topological polar surface area (TPSA) is 13.1 Å². The minimum absolute atomic E-state index is 0.129. The van der Waals surface area contributed by atoms with E-state index in [0.717, 1.165) is 24.3 Å². The van der Waals surface area contributed by atoms with E-state index < -0.39 is 0 Å². The zero-order valence-electron chi connectivity index (χ0n) is 24.5. The molecule has 0 atom stereocenters. The van der Waals surface area contributed by atoms with Crippen LogP contribution in [0.2, 0.25) is 0 Å². The Hall–Kier alpha value is -3.39. The lowest BCUT2D eigenvalue weighted by Gasteiger charge is -2.29. The van der Waals surface area contributed by atoms with Gasteiger partial charge in [-0.15, -0.1) is 0 Å². The molecule has 1 aliphatic rings. The fourth-order valence-electron chi connectivity index (χ4n) is 6.56. The maximum Gasteiger partial charge on any atom is 0.228 e. The van der Waals surface area contributed by atoms with Crippen LogP contribution in [0.15, 0.2) is 54.7 Å². The van der Waals surface area contributed by atoms with E-state index in [-0.39, 0.29) is 10.8 Å². The lowest BCUT2D eigenvalue weighted by molar-refractivity contribution is -0.659. The summed E-state index contributed by atoms with van der Waals surface area (Å²) in [6, 6.07) is 18.2. The number of aromatic nitrogens is 1. The van der Waals surface area contributed by atoms with Crippen molar-refractivity contribution in [2.45, 2.75) is 68.2 Å². The molecule has 0 saturated heterocycles. The Morgan fingerprint density at radius 1 is 0.684 bits per heavy atom. The van der Waals surface area contributed by atoms with Crippen LogP contribution in [0.5, 0.6) is 11.5 Å². The minimum atomic E-state index is 0.129. The van der Waals surface area contributed by atoms with Gasteiger partial charge < -0.3 is 4.74 Å². The normalized spacial score (nSPS) is 13.3. The summed E-state index contributed by atoms with van der Waals surface area (Å²) in [7, 11) is 2.18. The fourth-order valence-corrected chi connectivity index (χ4v) is 6.56. The summed E-state index contributed by atoms with van der Waals surface area (Å²) >= 11 is 0. The molecule has 0 saturated carbocycles. The van der Waals surface area contributed by atoms with Gasteiger partial charge in [-0.3, -0.25) is 0 Å². The van der Waals surface area contributed by atoms with E-state index in [1.54, 1.807) is 0 Å². The molecule has 38 heavy (non-hydrogen) atoms. The van der Waals surface area contributed by atoms with E-state index >= 15 is 0 Å². The van der Waals surface area contributed by atoms with Gasteiger partial charge in [-0.2, -0.15) is 0 Å². The Morgan fingerprint density at radius 2 is 1.37 bits per heavy atom. The Balaban J connectivity index is 1.75. The van der Waals surface area contributed by atoms with Crippen molar-refractivity contribution in [2.24, 2.45) is 17.9 Å². The maximum absolute atomic E-state index is 7.14. The van der Waals surface area contributed by atoms with Gasteiger partial charge in [0.25, 0.3) is 0 Å². The second kappa shape index (κ2) is 8.30. The molecule has 0 bridgehead atoms. The highest BCUT2D eigenvalue weighted by molar-refractivity contribution is 6.17. The van der Waals surface area contributed by atoms with Gasteiger partial charge in [0.15, 0.2) is 6.20 Å². The second-order valence-electron chi connectivity index (χ2n) is 13.8. The van der Waals surface area contributed by atoms with Crippen molar-refractivity contribution in [3.63, 3.8) is 0 Å². The number of hydrogen-bond acceptors (Lipinski definition) is 1. The fraction of sp³-hybridized carbons (Fsp3) is 0.361. The lowest BCUT2D eigenvalue weighted by Crippen LogP contribution is -2.32. The molecule has 1 aromatic heterocycles. The third-order valence-corrected chi connectivity index (χ3v) is 8.08. The molecule has 2 heteroatoms. The van der Waals surface area contributed by atoms with Gasteiger partial charge in [0.1, 0.15) is 18.5 Å². The van der Waals surface area contributed by atoms with E-state index in [2.05, 4.69) is 122 Å². The highest BCUT2D eigenvalue weighted by Crippen LogP contribution is 2.54. The molecule has 194 valence electrons. The number of nitrogens with zero attached hydrogens (tertiary/aromatic N) is 1. The summed E-state index contributed by atoms with van der Waals surface area (Å²) in [5.74, 6) is 2.06. The third kappa shape index (κ3) is 3.88. The van der Waals surface area contributed by atoms with Gasteiger partial charge in [0.2, 0.25) is 5.69 Å². The zero-order valence-corrected chi connectivity index (χ0v) is 24.5. The summed E-state index contributed by atoms with van der Waals surface area (Å²) in [4.78, 5) is 0. The highest BCUT2D eigenvalue weighted by atomic mass is 16.5. The Bertz CT molecular complexity index is 1780.